The Labute approximate surface area is 202 Å². The third-order valence-corrected chi connectivity index (χ3v) is 5.39. The summed E-state index contributed by atoms with van der Waals surface area (Å²) in [6.07, 6.45) is -4.51. The molecule has 0 unspecified atom stereocenters. The van der Waals surface area contributed by atoms with E-state index in [9.17, 15) is 14.4 Å². The molecule has 1 aliphatic rings. The van der Waals surface area contributed by atoms with Crippen molar-refractivity contribution in [2.75, 3.05) is 13.7 Å². The van der Waals surface area contributed by atoms with Crippen molar-refractivity contribution in [3.63, 3.8) is 0 Å². The molecule has 1 aliphatic heterocycles. The molecule has 1 fully saturated rings. The number of ether oxygens (including phenoxy) is 5. The van der Waals surface area contributed by atoms with Crippen LogP contribution in [0.2, 0.25) is 0 Å². The van der Waals surface area contributed by atoms with Gasteiger partial charge in [0.1, 0.15) is 0 Å². The molecule has 3 aromatic carbocycles. The van der Waals surface area contributed by atoms with Gasteiger partial charge in [0.25, 0.3) is 0 Å². The number of methoxy groups -OCH3 is 1. The van der Waals surface area contributed by atoms with Crippen LogP contribution >= 0.6 is 0 Å². The molecule has 4 rings (SSSR count). The zero-order valence-corrected chi connectivity index (χ0v) is 18.9. The van der Waals surface area contributed by atoms with E-state index >= 15 is 0 Å². The summed E-state index contributed by atoms with van der Waals surface area (Å²) in [7, 11) is 1.38. The van der Waals surface area contributed by atoms with Crippen molar-refractivity contribution in [2.45, 2.75) is 24.6 Å². The molecule has 8 nitrogen and oxygen atoms in total. The van der Waals surface area contributed by atoms with Gasteiger partial charge in [-0.15, -0.1) is 0 Å². The average Bonchev–Trinajstić information content (AvgIpc) is 2.91. The van der Waals surface area contributed by atoms with Crippen LogP contribution in [0.25, 0.3) is 0 Å². The Bertz CT molecular complexity index is 1130. The van der Waals surface area contributed by atoms with Gasteiger partial charge in [0.2, 0.25) is 0 Å². The summed E-state index contributed by atoms with van der Waals surface area (Å²) in [4.78, 5) is 38.5. The molecule has 1 saturated heterocycles. The quantitative estimate of drug-likeness (QED) is 0.376. The normalized spacial score (nSPS) is 21.5. The van der Waals surface area contributed by atoms with Crippen LogP contribution in [0.1, 0.15) is 31.1 Å². The van der Waals surface area contributed by atoms with Gasteiger partial charge in [-0.1, -0.05) is 54.6 Å². The van der Waals surface area contributed by atoms with Crippen molar-refractivity contribution in [2.24, 2.45) is 0 Å². The van der Waals surface area contributed by atoms with Gasteiger partial charge in [0.15, 0.2) is 24.6 Å². The van der Waals surface area contributed by atoms with E-state index in [0.29, 0.717) is 11.1 Å². The van der Waals surface area contributed by atoms with Crippen LogP contribution in [0.15, 0.2) is 91.0 Å². The molecule has 4 atom stereocenters. The Balaban J connectivity index is 1.62. The van der Waals surface area contributed by atoms with Gasteiger partial charge in [-0.25, -0.2) is 14.4 Å². The smallest absolute Gasteiger partial charge is 0.338 e. The Kier molecular flexibility index (Phi) is 7.87. The van der Waals surface area contributed by atoms with Crippen molar-refractivity contribution in [3.05, 3.63) is 108 Å². The van der Waals surface area contributed by atoms with Crippen molar-refractivity contribution in [3.8, 4) is 0 Å². The summed E-state index contributed by atoms with van der Waals surface area (Å²) >= 11 is 0. The maximum Gasteiger partial charge on any atom is 0.338 e. The fourth-order valence-electron chi connectivity index (χ4n) is 3.63. The summed E-state index contributed by atoms with van der Waals surface area (Å²) in [6.45, 7) is -0.136. The van der Waals surface area contributed by atoms with E-state index in [4.69, 9.17) is 23.7 Å². The molecule has 0 N–H and O–H groups in total. The highest BCUT2D eigenvalue weighted by Gasteiger charge is 2.48. The topological polar surface area (TPSA) is 97.4 Å². The van der Waals surface area contributed by atoms with Crippen LogP contribution < -0.4 is 0 Å². The van der Waals surface area contributed by atoms with Gasteiger partial charge in [-0.05, 0) is 36.4 Å². The second-order valence-corrected chi connectivity index (χ2v) is 7.72. The van der Waals surface area contributed by atoms with E-state index in [1.54, 1.807) is 91.0 Å². The van der Waals surface area contributed by atoms with Crippen molar-refractivity contribution >= 4 is 17.9 Å². The van der Waals surface area contributed by atoms with E-state index in [1.807, 2.05) is 0 Å². The van der Waals surface area contributed by atoms with Crippen LogP contribution in [-0.4, -0.2) is 56.2 Å². The van der Waals surface area contributed by atoms with E-state index in [2.05, 4.69) is 0 Å². The molecule has 0 saturated carbocycles. The molecule has 0 aromatic heterocycles. The Morgan fingerprint density at radius 2 is 1.03 bits per heavy atom. The minimum atomic E-state index is -1.21. The molecule has 0 amide bonds. The van der Waals surface area contributed by atoms with E-state index in [-0.39, 0.29) is 12.2 Å². The highest BCUT2D eigenvalue weighted by molar-refractivity contribution is 5.91. The van der Waals surface area contributed by atoms with Crippen molar-refractivity contribution in [1.29, 1.82) is 0 Å². The van der Waals surface area contributed by atoms with Gasteiger partial charge >= 0.3 is 17.9 Å². The van der Waals surface area contributed by atoms with E-state index < -0.39 is 42.5 Å². The third kappa shape index (κ3) is 5.92. The molecular formula is C27H24O8. The third-order valence-electron chi connectivity index (χ3n) is 5.39. The molecule has 180 valence electrons. The van der Waals surface area contributed by atoms with Crippen LogP contribution in [0.4, 0.5) is 0 Å². The van der Waals surface area contributed by atoms with E-state index in [0.717, 1.165) is 0 Å². The van der Waals surface area contributed by atoms with E-state index in [1.165, 1.54) is 7.11 Å². The zero-order valence-electron chi connectivity index (χ0n) is 18.9. The highest BCUT2D eigenvalue weighted by Crippen LogP contribution is 2.27. The number of esters is 3. The SMILES string of the molecule is CO[C@H]1OC[C@@H](OC(=O)c2ccccc2)[C@H](OC(=O)c2ccccc2)[C@H]1OC(=O)c1ccccc1. The maximum absolute atomic E-state index is 12.9. The van der Waals surface area contributed by atoms with Crippen LogP contribution in [0.5, 0.6) is 0 Å². The second kappa shape index (κ2) is 11.4. The molecule has 0 bridgehead atoms. The van der Waals surface area contributed by atoms with Gasteiger partial charge < -0.3 is 23.7 Å². The van der Waals surface area contributed by atoms with Gasteiger partial charge in [0.05, 0.1) is 23.3 Å². The standard InChI is InChI=1S/C27H24O8/c1-31-27-23(35-26(30)20-15-9-4-10-16-20)22(34-25(29)19-13-7-3-8-14-19)21(17-32-27)33-24(28)18-11-5-2-6-12-18/h2-16,21-23,27H,17H2,1H3/t21-,22+,23-,27+/m1/s1. The minimum absolute atomic E-state index is 0.136. The summed E-state index contributed by atoms with van der Waals surface area (Å²) in [5.74, 6) is -1.98. The number of rotatable bonds is 7. The molecular weight excluding hydrogens is 452 g/mol. The summed E-state index contributed by atoms with van der Waals surface area (Å²) in [6, 6.07) is 25.0. The molecule has 0 aliphatic carbocycles. The highest BCUT2D eigenvalue weighted by atomic mass is 16.7. The monoisotopic (exact) mass is 476 g/mol. The van der Waals surface area contributed by atoms with Gasteiger partial charge in [-0.2, -0.15) is 0 Å². The van der Waals surface area contributed by atoms with Gasteiger partial charge in [-0.3, -0.25) is 0 Å². The lowest BCUT2D eigenvalue weighted by molar-refractivity contribution is -0.260. The lowest BCUT2D eigenvalue weighted by atomic mass is 10.0. The number of benzene rings is 3. The Morgan fingerprint density at radius 1 is 0.629 bits per heavy atom. The van der Waals surface area contributed by atoms with Gasteiger partial charge in [0, 0.05) is 7.11 Å². The second-order valence-electron chi connectivity index (χ2n) is 7.72. The summed E-state index contributed by atoms with van der Waals surface area (Å²) in [5.41, 5.74) is 0.889. The first-order valence-electron chi connectivity index (χ1n) is 11.0. The van der Waals surface area contributed by atoms with Crippen molar-refractivity contribution in [1.82, 2.24) is 0 Å². The molecule has 35 heavy (non-hydrogen) atoms. The lowest BCUT2D eigenvalue weighted by Crippen LogP contribution is -2.58. The number of hydrogen-bond donors (Lipinski definition) is 0. The first kappa shape index (κ1) is 24.1. The van der Waals surface area contributed by atoms with Crippen molar-refractivity contribution < 1.29 is 38.1 Å². The van der Waals surface area contributed by atoms with Crippen LogP contribution in [0.3, 0.4) is 0 Å². The molecule has 3 aromatic rings. The average molecular weight is 476 g/mol. The maximum atomic E-state index is 12.9. The first-order valence-corrected chi connectivity index (χ1v) is 11.0. The Hall–Kier alpha value is -4.01. The summed E-state index contributed by atoms with van der Waals surface area (Å²) in [5, 5.41) is 0. The molecule has 0 radical (unpaired) electrons. The first-order chi connectivity index (χ1) is 17.1. The summed E-state index contributed by atoms with van der Waals surface area (Å²) < 4.78 is 28.1. The predicted octanol–water partition coefficient (Wildman–Crippen LogP) is 3.67. The fraction of sp³-hybridized carbons (Fsp3) is 0.222. The zero-order chi connectivity index (χ0) is 24.6. The molecule has 1 heterocycles. The number of hydrogen-bond acceptors (Lipinski definition) is 8. The lowest BCUT2D eigenvalue weighted by Gasteiger charge is -2.40. The number of carbonyl (C=O) groups excluding carboxylic acids is 3. The van der Waals surface area contributed by atoms with Crippen LogP contribution in [-0.2, 0) is 23.7 Å². The molecule has 8 heteroatoms. The Morgan fingerprint density at radius 3 is 1.46 bits per heavy atom. The van der Waals surface area contributed by atoms with Crippen LogP contribution in [0, 0.1) is 0 Å². The fourth-order valence-corrected chi connectivity index (χ4v) is 3.63. The molecule has 0 spiro atoms. The minimum Gasteiger partial charge on any atom is -0.452 e. The largest absolute Gasteiger partial charge is 0.452 e. The number of carbonyl (C=O) groups is 3. The predicted molar refractivity (Wildman–Crippen MR) is 124 cm³/mol.